The van der Waals surface area contributed by atoms with Crippen LogP contribution in [0.1, 0.15) is 64.4 Å². The summed E-state index contributed by atoms with van der Waals surface area (Å²) in [6.45, 7) is 5.64. The topological polar surface area (TPSA) is 23.5 Å². The highest BCUT2D eigenvalue weighted by molar-refractivity contribution is 5.17. The van der Waals surface area contributed by atoms with Gasteiger partial charge >= 0.3 is 0 Å². The first kappa shape index (κ1) is 15.1. The van der Waals surface area contributed by atoms with E-state index in [2.05, 4.69) is 49.1 Å². The van der Waals surface area contributed by atoms with Crippen LogP contribution in [0.5, 0.6) is 0 Å². The van der Waals surface area contributed by atoms with E-state index in [-0.39, 0.29) is 17.2 Å². The van der Waals surface area contributed by atoms with E-state index < -0.39 is 0 Å². The standard InChI is InChI=1S/C19H29NO/c1-18(2)13-17(21)14-19(11-7-4-8-12-19)20(18)15-16-9-5-3-6-10-16/h3,5-6,9-10,17,21H,4,7-8,11-15H2,1-2H3. The van der Waals surface area contributed by atoms with Crippen LogP contribution < -0.4 is 0 Å². The Morgan fingerprint density at radius 1 is 1.05 bits per heavy atom. The smallest absolute Gasteiger partial charge is 0.0575 e. The fourth-order valence-electron chi connectivity index (χ4n) is 4.78. The number of nitrogens with zero attached hydrogens (tertiary/aromatic N) is 1. The van der Waals surface area contributed by atoms with E-state index in [4.69, 9.17) is 0 Å². The molecule has 2 fully saturated rings. The molecule has 2 heteroatoms. The van der Waals surface area contributed by atoms with Gasteiger partial charge in [0.2, 0.25) is 0 Å². The molecular formula is C19H29NO. The maximum atomic E-state index is 10.4. The van der Waals surface area contributed by atoms with Gasteiger partial charge in [0.05, 0.1) is 6.10 Å². The Balaban J connectivity index is 1.91. The molecule has 2 nitrogen and oxygen atoms in total. The van der Waals surface area contributed by atoms with Gasteiger partial charge < -0.3 is 5.11 Å². The van der Waals surface area contributed by atoms with Crippen molar-refractivity contribution < 1.29 is 5.11 Å². The lowest BCUT2D eigenvalue weighted by Gasteiger charge is -2.58. The van der Waals surface area contributed by atoms with Gasteiger partial charge in [-0.05, 0) is 45.1 Å². The molecule has 1 atom stereocenters. The molecule has 1 aliphatic carbocycles. The Kier molecular flexibility index (Phi) is 4.11. The molecule has 1 aliphatic heterocycles. The average Bonchev–Trinajstić information content (AvgIpc) is 2.44. The third kappa shape index (κ3) is 3.02. The van der Waals surface area contributed by atoms with E-state index in [1.54, 1.807) is 0 Å². The van der Waals surface area contributed by atoms with Crippen LogP contribution in [-0.2, 0) is 6.54 Å². The van der Waals surface area contributed by atoms with Crippen molar-refractivity contribution in [1.82, 2.24) is 4.90 Å². The summed E-state index contributed by atoms with van der Waals surface area (Å²) < 4.78 is 0. The highest BCUT2D eigenvalue weighted by Gasteiger charge is 2.49. The maximum Gasteiger partial charge on any atom is 0.0575 e. The fraction of sp³-hybridized carbons (Fsp3) is 0.684. The molecule has 116 valence electrons. The van der Waals surface area contributed by atoms with Crippen molar-refractivity contribution in [3.05, 3.63) is 35.9 Å². The van der Waals surface area contributed by atoms with Crippen molar-refractivity contribution in [3.63, 3.8) is 0 Å². The van der Waals surface area contributed by atoms with Gasteiger partial charge in [-0.2, -0.15) is 0 Å². The minimum atomic E-state index is -0.134. The summed E-state index contributed by atoms with van der Waals surface area (Å²) in [6.07, 6.45) is 8.20. The second-order valence-electron chi connectivity index (χ2n) is 7.73. The van der Waals surface area contributed by atoms with Crippen molar-refractivity contribution in [2.24, 2.45) is 0 Å². The predicted octanol–water partition coefficient (Wildman–Crippen LogP) is 4.12. The quantitative estimate of drug-likeness (QED) is 0.884. The lowest BCUT2D eigenvalue weighted by molar-refractivity contribution is -0.116. The number of aliphatic hydroxyl groups excluding tert-OH is 1. The molecule has 1 N–H and O–H groups in total. The second kappa shape index (κ2) is 5.73. The van der Waals surface area contributed by atoms with Crippen LogP contribution in [0.3, 0.4) is 0 Å². The molecule has 1 saturated carbocycles. The van der Waals surface area contributed by atoms with Gasteiger partial charge in [-0.1, -0.05) is 49.6 Å². The van der Waals surface area contributed by atoms with E-state index in [0.29, 0.717) is 0 Å². The van der Waals surface area contributed by atoms with Gasteiger partial charge in [0, 0.05) is 17.6 Å². The van der Waals surface area contributed by atoms with E-state index in [9.17, 15) is 5.11 Å². The summed E-state index contributed by atoms with van der Waals surface area (Å²) >= 11 is 0. The molecule has 1 saturated heterocycles. The first-order valence-corrected chi connectivity index (χ1v) is 8.52. The van der Waals surface area contributed by atoms with Crippen molar-refractivity contribution in [2.75, 3.05) is 0 Å². The van der Waals surface area contributed by atoms with Crippen molar-refractivity contribution in [2.45, 2.75) is 82.5 Å². The Bertz CT molecular complexity index is 462. The summed E-state index contributed by atoms with van der Waals surface area (Å²) in [6, 6.07) is 10.8. The molecule has 1 heterocycles. The van der Waals surface area contributed by atoms with Gasteiger partial charge in [-0.15, -0.1) is 0 Å². The molecule has 1 aromatic carbocycles. The van der Waals surface area contributed by atoms with E-state index in [1.807, 2.05) is 0 Å². The van der Waals surface area contributed by atoms with Crippen molar-refractivity contribution >= 4 is 0 Å². The van der Waals surface area contributed by atoms with Gasteiger partial charge in [-0.3, -0.25) is 4.90 Å². The molecule has 0 aromatic heterocycles. The molecule has 0 radical (unpaired) electrons. The summed E-state index contributed by atoms with van der Waals surface area (Å²) in [5, 5.41) is 10.4. The zero-order valence-electron chi connectivity index (χ0n) is 13.5. The van der Waals surface area contributed by atoms with E-state index >= 15 is 0 Å². The van der Waals surface area contributed by atoms with Crippen LogP contribution in [0.4, 0.5) is 0 Å². The molecule has 21 heavy (non-hydrogen) atoms. The number of likely N-dealkylation sites (tertiary alicyclic amines) is 1. The SMILES string of the molecule is CC1(C)CC(O)CC2(CCCCC2)N1Cc1ccccc1. The number of hydrogen-bond donors (Lipinski definition) is 1. The molecule has 1 spiro atoms. The third-order valence-corrected chi connectivity index (χ3v) is 5.62. The Hall–Kier alpha value is -0.860. The number of benzene rings is 1. The van der Waals surface area contributed by atoms with Crippen LogP contribution in [0.25, 0.3) is 0 Å². The van der Waals surface area contributed by atoms with Crippen LogP contribution in [-0.4, -0.2) is 27.2 Å². The monoisotopic (exact) mass is 287 g/mol. The Morgan fingerprint density at radius 2 is 1.71 bits per heavy atom. The third-order valence-electron chi connectivity index (χ3n) is 5.62. The molecular weight excluding hydrogens is 258 g/mol. The first-order valence-electron chi connectivity index (χ1n) is 8.52. The van der Waals surface area contributed by atoms with Gasteiger partial charge in [0.1, 0.15) is 0 Å². The van der Waals surface area contributed by atoms with E-state index in [0.717, 1.165) is 19.4 Å². The van der Waals surface area contributed by atoms with Gasteiger partial charge in [0.25, 0.3) is 0 Å². The number of hydrogen-bond acceptors (Lipinski definition) is 2. The predicted molar refractivity (Wildman–Crippen MR) is 87.1 cm³/mol. The lowest BCUT2D eigenvalue weighted by Crippen LogP contribution is -2.64. The number of piperidine rings is 1. The van der Waals surface area contributed by atoms with Crippen LogP contribution in [0, 0.1) is 0 Å². The largest absolute Gasteiger partial charge is 0.393 e. The molecule has 1 unspecified atom stereocenters. The Morgan fingerprint density at radius 3 is 2.38 bits per heavy atom. The Labute approximate surface area is 129 Å². The summed E-state index contributed by atoms with van der Waals surface area (Å²) in [5.41, 5.74) is 1.69. The second-order valence-corrected chi connectivity index (χ2v) is 7.73. The minimum absolute atomic E-state index is 0.0743. The zero-order valence-corrected chi connectivity index (χ0v) is 13.5. The molecule has 2 aliphatic rings. The van der Waals surface area contributed by atoms with Gasteiger partial charge in [-0.25, -0.2) is 0 Å². The number of rotatable bonds is 2. The van der Waals surface area contributed by atoms with E-state index in [1.165, 1.54) is 37.7 Å². The fourth-order valence-corrected chi connectivity index (χ4v) is 4.78. The molecule has 3 rings (SSSR count). The summed E-state index contributed by atoms with van der Waals surface area (Å²) in [4.78, 5) is 2.72. The molecule has 0 bridgehead atoms. The highest BCUT2D eigenvalue weighted by atomic mass is 16.3. The maximum absolute atomic E-state index is 10.4. The number of aliphatic hydroxyl groups is 1. The first-order chi connectivity index (χ1) is 10.0. The average molecular weight is 287 g/mol. The van der Waals surface area contributed by atoms with Crippen LogP contribution in [0.15, 0.2) is 30.3 Å². The van der Waals surface area contributed by atoms with Crippen molar-refractivity contribution in [1.29, 1.82) is 0 Å². The summed E-state index contributed by atoms with van der Waals surface area (Å²) in [5.74, 6) is 0. The molecule has 0 amide bonds. The normalized spacial score (nSPS) is 28.6. The van der Waals surface area contributed by atoms with Crippen LogP contribution in [0.2, 0.25) is 0 Å². The zero-order chi connectivity index (χ0) is 14.9. The highest BCUT2D eigenvalue weighted by Crippen LogP contribution is 2.47. The minimum Gasteiger partial charge on any atom is -0.393 e. The van der Waals surface area contributed by atoms with Crippen molar-refractivity contribution in [3.8, 4) is 0 Å². The van der Waals surface area contributed by atoms with Crippen LogP contribution >= 0.6 is 0 Å². The lowest BCUT2D eigenvalue weighted by atomic mass is 9.69. The summed E-state index contributed by atoms with van der Waals surface area (Å²) in [7, 11) is 0. The molecule has 1 aromatic rings. The van der Waals surface area contributed by atoms with Gasteiger partial charge in [0.15, 0.2) is 0 Å².